The van der Waals surface area contributed by atoms with Gasteiger partial charge in [-0.25, -0.2) is 5.90 Å². The summed E-state index contributed by atoms with van der Waals surface area (Å²) in [7, 11) is 0. The normalized spacial score (nSPS) is 13.4. The average Bonchev–Trinajstić information content (AvgIpc) is 2.36. The number of hydrogen-bond acceptors (Lipinski definition) is 4. The number of hydrogen-bond donors (Lipinski definition) is 1. The Morgan fingerprint density at radius 3 is 3.00 bits per heavy atom. The fraction of sp³-hybridized carbons (Fsp3) is 0.571. The zero-order valence-electron chi connectivity index (χ0n) is 6.70. The first-order valence-electron chi connectivity index (χ1n) is 3.48. The van der Waals surface area contributed by atoms with Crippen molar-refractivity contribution in [2.24, 2.45) is 5.90 Å². The van der Waals surface area contributed by atoms with Crippen molar-refractivity contribution in [2.45, 2.75) is 19.8 Å². The topological polar surface area (TPSA) is 61.3 Å². The average molecular weight is 156 g/mol. The third-order valence-corrected chi connectivity index (χ3v) is 1.67. The molecule has 0 amide bonds. The van der Waals surface area contributed by atoms with Crippen LogP contribution < -0.4 is 5.90 Å². The van der Waals surface area contributed by atoms with Crippen LogP contribution in [0.5, 0.6) is 0 Å². The van der Waals surface area contributed by atoms with E-state index in [0.717, 1.165) is 11.3 Å². The van der Waals surface area contributed by atoms with E-state index in [-0.39, 0.29) is 5.92 Å². The van der Waals surface area contributed by atoms with Crippen LogP contribution >= 0.6 is 0 Å². The quantitative estimate of drug-likeness (QED) is 0.662. The van der Waals surface area contributed by atoms with Gasteiger partial charge in [0.2, 0.25) is 0 Å². The molecule has 0 saturated heterocycles. The number of nitrogens with zero attached hydrogens (tertiary/aromatic N) is 1. The van der Waals surface area contributed by atoms with Crippen LogP contribution in [0.3, 0.4) is 0 Å². The highest BCUT2D eigenvalue weighted by Crippen LogP contribution is 2.18. The molecule has 1 heterocycles. The number of aryl methyl sites for hydroxylation is 1. The van der Waals surface area contributed by atoms with Crippen LogP contribution in [0.25, 0.3) is 0 Å². The summed E-state index contributed by atoms with van der Waals surface area (Å²) >= 11 is 0. The van der Waals surface area contributed by atoms with Crippen molar-refractivity contribution < 1.29 is 9.36 Å². The molecule has 0 aliphatic heterocycles. The van der Waals surface area contributed by atoms with Gasteiger partial charge in [-0.15, -0.1) is 0 Å². The minimum Gasteiger partial charge on any atom is -0.361 e. The van der Waals surface area contributed by atoms with E-state index in [0.29, 0.717) is 6.61 Å². The van der Waals surface area contributed by atoms with Crippen molar-refractivity contribution in [3.8, 4) is 0 Å². The Morgan fingerprint density at radius 1 is 1.82 bits per heavy atom. The lowest BCUT2D eigenvalue weighted by Crippen LogP contribution is -2.08. The molecule has 0 aromatic carbocycles. The van der Waals surface area contributed by atoms with Gasteiger partial charge in [-0.1, -0.05) is 12.1 Å². The summed E-state index contributed by atoms with van der Waals surface area (Å²) in [5.74, 6) is 6.00. The van der Waals surface area contributed by atoms with Gasteiger partial charge in [-0.05, 0) is 6.92 Å². The molecule has 1 atom stereocenters. The highest BCUT2D eigenvalue weighted by atomic mass is 16.6. The molecule has 1 aromatic heterocycles. The lowest BCUT2D eigenvalue weighted by molar-refractivity contribution is 0.126. The predicted molar refractivity (Wildman–Crippen MR) is 39.8 cm³/mol. The van der Waals surface area contributed by atoms with E-state index in [4.69, 9.17) is 10.4 Å². The monoisotopic (exact) mass is 156 g/mol. The van der Waals surface area contributed by atoms with E-state index in [1.165, 1.54) is 0 Å². The van der Waals surface area contributed by atoms with Gasteiger partial charge in [-0.3, -0.25) is 0 Å². The van der Waals surface area contributed by atoms with Crippen molar-refractivity contribution in [1.82, 2.24) is 5.16 Å². The van der Waals surface area contributed by atoms with Gasteiger partial charge in [0.1, 0.15) is 5.76 Å². The number of rotatable bonds is 3. The second-order valence-electron chi connectivity index (χ2n) is 2.57. The molecule has 4 heteroatoms. The van der Waals surface area contributed by atoms with Crippen LogP contribution in [0.4, 0.5) is 0 Å². The molecule has 0 bridgehead atoms. The van der Waals surface area contributed by atoms with Crippen LogP contribution in [-0.4, -0.2) is 11.8 Å². The second-order valence-corrected chi connectivity index (χ2v) is 2.57. The first-order valence-corrected chi connectivity index (χ1v) is 3.48. The number of aromatic nitrogens is 1. The lowest BCUT2D eigenvalue weighted by Gasteiger charge is -2.05. The van der Waals surface area contributed by atoms with Crippen LogP contribution in [0.1, 0.15) is 24.2 Å². The molecular formula is C7H12N2O2. The van der Waals surface area contributed by atoms with E-state index in [9.17, 15) is 0 Å². The van der Waals surface area contributed by atoms with Crippen LogP contribution in [0.15, 0.2) is 10.7 Å². The summed E-state index contributed by atoms with van der Waals surface area (Å²) < 4.78 is 4.89. The van der Waals surface area contributed by atoms with Gasteiger partial charge in [0.25, 0.3) is 0 Å². The number of nitrogens with two attached hydrogens (primary N) is 1. The zero-order valence-corrected chi connectivity index (χ0v) is 6.70. The summed E-state index contributed by atoms with van der Waals surface area (Å²) in [6.45, 7) is 4.36. The molecule has 1 aromatic rings. The first-order chi connectivity index (χ1) is 5.25. The molecule has 0 spiro atoms. The molecule has 11 heavy (non-hydrogen) atoms. The van der Waals surface area contributed by atoms with Gasteiger partial charge < -0.3 is 9.36 Å². The summed E-state index contributed by atoms with van der Waals surface area (Å²) in [5, 5.41) is 3.65. The molecule has 2 N–H and O–H groups in total. The van der Waals surface area contributed by atoms with Crippen molar-refractivity contribution in [3.05, 3.63) is 17.5 Å². The van der Waals surface area contributed by atoms with E-state index >= 15 is 0 Å². The molecule has 0 saturated carbocycles. The summed E-state index contributed by atoms with van der Waals surface area (Å²) in [6, 6.07) is 0. The highest BCUT2D eigenvalue weighted by Gasteiger charge is 2.11. The SMILES string of the molecule is Cc1oncc1C(C)CON. The van der Waals surface area contributed by atoms with Crippen LogP contribution in [0.2, 0.25) is 0 Å². The smallest absolute Gasteiger partial charge is 0.137 e. The predicted octanol–water partition coefficient (Wildman–Crippen LogP) is 0.977. The Kier molecular flexibility index (Phi) is 2.62. The van der Waals surface area contributed by atoms with E-state index < -0.39 is 0 Å². The Morgan fingerprint density at radius 2 is 2.55 bits per heavy atom. The molecular weight excluding hydrogens is 144 g/mol. The molecule has 0 radical (unpaired) electrons. The van der Waals surface area contributed by atoms with Gasteiger partial charge in [0.15, 0.2) is 0 Å². The van der Waals surface area contributed by atoms with Crippen LogP contribution in [0, 0.1) is 6.92 Å². The minimum absolute atomic E-state index is 0.242. The van der Waals surface area contributed by atoms with E-state index in [2.05, 4.69) is 9.99 Å². The summed E-state index contributed by atoms with van der Waals surface area (Å²) in [6.07, 6.45) is 1.69. The maximum Gasteiger partial charge on any atom is 0.137 e. The van der Waals surface area contributed by atoms with Gasteiger partial charge in [0.05, 0.1) is 12.8 Å². The van der Waals surface area contributed by atoms with E-state index in [1.807, 2.05) is 13.8 Å². The maximum absolute atomic E-state index is 4.93. The molecule has 1 rings (SSSR count). The van der Waals surface area contributed by atoms with Crippen molar-refractivity contribution in [1.29, 1.82) is 0 Å². The van der Waals surface area contributed by atoms with Crippen molar-refractivity contribution >= 4 is 0 Å². The fourth-order valence-electron chi connectivity index (χ4n) is 1.01. The lowest BCUT2D eigenvalue weighted by atomic mass is 10.0. The van der Waals surface area contributed by atoms with Gasteiger partial charge >= 0.3 is 0 Å². The van der Waals surface area contributed by atoms with E-state index in [1.54, 1.807) is 6.20 Å². The molecule has 0 aliphatic rings. The molecule has 0 aliphatic carbocycles. The largest absolute Gasteiger partial charge is 0.361 e. The third-order valence-electron chi connectivity index (χ3n) is 1.67. The van der Waals surface area contributed by atoms with Gasteiger partial charge in [-0.2, -0.15) is 0 Å². The first kappa shape index (κ1) is 8.23. The van der Waals surface area contributed by atoms with Crippen molar-refractivity contribution in [2.75, 3.05) is 6.61 Å². The standard InChI is InChI=1S/C7H12N2O2/c1-5(4-10-8)7-3-9-11-6(7)2/h3,5H,4,8H2,1-2H3. The maximum atomic E-state index is 4.93. The van der Waals surface area contributed by atoms with Crippen LogP contribution in [-0.2, 0) is 4.84 Å². The fourth-order valence-corrected chi connectivity index (χ4v) is 1.01. The van der Waals surface area contributed by atoms with Crippen molar-refractivity contribution in [3.63, 3.8) is 0 Å². The highest BCUT2D eigenvalue weighted by molar-refractivity contribution is 5.16. The zero-order chi connectivity index (χ0) is 8.27. The Balaban J connectivity index is 2.67. The van der Waals surface area contributed by atoms with Gasteiger partial charge in [0, 0.05) is 11.5 Å². The molecule has 0 fully saturated rings. The third kappa shape index (κ3) is 1.78. The Hall–Kier alpha value is -0.870. The molecule has 62 valence electrons. The summed E-state index contributed by atoms with van der Waals surface area (Å²) in [4.78, 5) is 4.51. The Bertz CT molecular complexity index is 222. The Labute approximate surface area is 65.3 Å². The molecule has 1 unspecified atom stereocenters. The molecule has 4 nitrogen and oxygen atoms in total. The second kappa shape index (κ2) is 3.50. The summed E-state index contributed by atoms with van der Waals surface area (Å²) in [5.41, 5.74) is 1.05. The minimum atomic E-state index is 0.242.